The van der Waals surface area contributed by atoms with Crippen molar-refractivity contribution in [3.05, 3.63) is 35.9 Å². The minimum absolute atomic E-state index is 0.285. The molecule has 0 aromatic heterocycles. The van der Waals surface area contributed by atoms with Crippen molar-refractivity contribution in [2.24, 2.45) is 0 Å². The molecule has 0 amide bonds. The van der Waals surface area contributed by atoms with E-state index >= 15 is 0 Å². The number of nitriles is 1. The van der Waals surface area contributed by atoms with Gasteiger partial charge in [0.2, 0.25) is 0 Å². The summed E-state index contributed by atoms with van der Waals surface area (Å²) in [6, 6.07) is 11.0. The van der Waals surface area contributed by atoms with E-state index in [1.165, 1.54) is 0 Å². The van der Waals surface area contributed by atoms with Gasteiger partial charge in [-0.05, 0) is 5.56 Å². The first-order valence-corrected chi connectivity index (χ1v) is 3.48. The van der Waals surface area contributed by atoms with Crippen LogP contribution in [0.25, 0.3) is 0 Å². The first kappa shape index (κ1) is 8.28. The maximum Gasteiger partial charge on any atom is 0.288 e. The van der Waals surface area contributed by atoms with Crippen LogP contribution in [0.4, 0.5) is 0 Å². The van der Waals surface area contributed by atoms with Crippen molar-refractivity contribution >= 4 is 5.90 Å². The average molecular weight is 160 g/mol. The highest BCUT2D eigenvalue weighted by atomic mass is 16.5. The van der Waals surface area contributed by atoms with Gasteiger partial charge in [0, 0.05) is 0 Å². The molecule has 0 unspecified atom stereocenters. The molecule has 1 aromatic carbocycles. The van der Waals surface area contributed by atoms with E-state index in [-0.39, 0.29) is 12.5 Å². The molecule has 1 rings (SSSR count). The quantitative estimate of drug-likeness (QED) is 0.528. The van der Waals surface area contributed by atoms with Crippen molar-refractivity contribution in [2.45, 2.75) is 6.61 Å². The maximum absolute atomic E-state index is 8.21. The minimum atomic E-state index is -0.348. The van der Waals surface area contributed by atoms with Gasteiger partial charge in [-0.15, -0.1) is 0 Å². The lowest BCUT2D eigenvalue weighted by atomic mass is 10.2. The van der Waals surface area contributed by atoms with Gasteiger partial charge in [-0.1, -0.05) is 30.3 Å². The Balaban J connectivity index is 2.45. The molecule has 0 saturated carbocycles. The van der Waals surface area contributed by atoms with Crippen LogP contribution in [0, 0.1) is 16.7 Å². The smallest absolute Gasteiger partial charge is 0.288 e. The fourth-order valence-electron chi connectivity index (χ4n) is 0.762. The second-order valence-electron chi connectivity index (χ2n) is 2.22. The first-order chi connectivity index (χ1) is 5.83. The Morgan fingerprint density at radius 1 is 1.42 bits per heavy atom. The van der Waals surface area contributed by atoms with Crippen LogP contribution in [0.3, 0.4) is 0 Å². The van der Waals surface area contributed by atoms with E-state index in [0.717, 1.165) is 5.56 Å². The summed E-state index contributed by atoms with van der Waals surface area (Å²) in [5.74, 6) is -0.348. The van der Waals surface area contributed by atoms with Crippen molar-refractivity contribution < 1.29 is 4.74 Å². The fourth-order valence-corrected chi connectivity index (χ4v) is 0.762. The second kappa shape index (κ2) is 4.14. The third kappa shape index (κ3) is 2.43. The van der Waals surface area contributed by atoms with Gasteiger partial charge < -0.3 is 4.74 Å². The van der Waals surface area contributed by atoms with Crippen LogP contribution in [0.15, 0.2) is 30.3 Å². The molecule has 12 heavy (non-hydrogen) atoms. The predicted molar refractivity (Wildman–Crippen MR) is 44.6 cm³/mol. The minimum Gasteiger partial charge on any atom is -0.465 e. The Hall–Kier alpha value is -1.82. The molecule has 0 heterocycles. The Kier molecular flexibility index (Phi) is 2.86. The standard InChI is InChI=1S/C9H8N2O/c10-6-9(11)12-7-8-4-2-1-3-5-8/h1-5,11H,7H2. The van der Waals surface area contributed by atoms with Crippen molar-refractivity contribution in [3.8, 4) is 6.07 Å². The number of nitrogens with zero attached hydrogens (tertiary/aromatic N) is 1. The van der Waals surface area contributed by atoms with Gasteiger partial charge in [0.15, 0.2) is 6.07 Å². The van der Waals surface area contributed by atoms with Crippen LogP contribution in [-0.2, 0) is 11.3 Å². The van der Waals surface area contributed by atoms with E-state index in [1.54, 1.807) is 6.07 Å². The molecule has 1 aromatic rings. The average Bonchev–Trinajstić information content (AvgIpc) is 2.16. The molecule has 0 aliphatic carbocycles. The molecule has 1 N–H and O–H groups in total. The molecule has 0 aliphatic rings. The topological polar surface area (TPSA) is 56.9 Å². The Morgan fingerprint density at radius 3 is 2.67 bits per heavy atom. The molecule has 0 saturated heterocycles. The van der Waals surface area contributed by atoms with Crippen LogP contribution in [0.2, 0.25) is 0 Å². The van der Waals surface area contributed by atoms with Gasteiger partial charge in [-0.2, -0.15) is 5.26 Å². The highest BCUT2D eigenvalue weighted by Gasteiger charge is 1.94. The number of nitrogens with one attached hydrogen (secondary N) is 1. The SMILES string of the molecule is N#CC(=N)OCc1ccccc1. The monoisotopic (exact) mass is 160 g/mol. The number of benzene rings is 1. The van der Waals surface area contributed by atoms with E-state index in [4.69, 9.17) is 15.4 Å². The summed E-state index contributed by atoms with van der Waals surface area (Å²) >= 11 is 0. The summed E-state index contributed by atoms with van der Waals surface area (Å²) in [5.41, 5.74) is 0.956. The van der Waals surface area contributed by atoms with Crippen LogP contribution in [0.1, 0.15) is 5.56 Å². The lowest BCUT2D eigenvalue weighted by Crippen LogP contribution is -1.99. The molecule has 0 fully saturated rings. The number of ether oxygens (including phenoxy) is 1. The summed E-state index contributed by atoms with van der Waals surface area (Å²) in [4.78, 5) is 0. The molecule has 0 radical (unpaired) electrons. The normalized spacial score (nSPS) is 8.58. The van der Waals surface area contributed by atoms with E-state index < -0.39 is 0 Å². The molecule has 60 valence electrons. The van der Waals surface area contributed by atoms with Crippen molar-refractivity contribution in [1.82, 2.24) is 0 Å². The van der Waals surface area contributed by atoms with Crippen LogP contribution in [-0.4, -0.2) is 5.90 Å². The molecule has 0 bridgehead atoms. The van der Waals surface area contributed by atoms with Crippen LogP contribution in [0.5, 0.6) is 0 Å². The summed E-state index contributed by atoms with van der Waals surface area (Å²) in [7, 11) is 0. The molecular formula is C9H8N2O. The van der Waals surface area contributed by atoms with Crippen LogP contribution >= 0.6 is 0 Å². The predicted octanol–water partition coefficient (Wildman–Crippen LogP) is 1.70. The van der Waals surface area contributed by atoms with Gasteiger partial charge in [0.25, 0.3) is 5.90 Å². The van der Waals surface area contributed by atoms with Crippen LogP contribution < -0.4 is 0 Å². The van der Waals surface area contributed by atoms with E-state index in [2.05, 4.69) is 0 Å². The fraction of sp³-hybridized carbons (Fsp3) is 0.111. The first-order valence-electron chi connectivity index (χ1n) is 3.48. The van der Waals surface area contributed by atoms with Gasteiger partial charge in [0.1, 0.15) is 6.61 Å². The summed E-state index contributed by atoms with van der Waals surface area (Å²) < 4.78 is 4.80. The summed E-state index contributed by atoms with van der Waals surface area (Å²) in [5, 5.41) is 15.1. The van der Waals surface area contributed by atoms with Gasteiger partial charge >= 0.3 is 0 Å². The van der Waals surface area contributed by atoms with Crippen molar-refractivity contribution in [3.63, 3.8) is 0 Å². The largest absolute Gasteiger partial charge is 0.465 e. The summed E-state index contributed by atoms with van der Waals surface area (Å²) in [6.45, 7) is 0.285. The molecule has 0 spiro atoms. The third-order valence-corrected chi connectivity index (χ3v) is 1.33. The zero-order chi connectivity index (χ0) is 8.81. The third-order valence-electron chi connectivity index (χ3n) is 1.33. The Bertz CT molecular complexity index is 300. The molecular weight excluding hydrogens is 152 g/mol. The Morgan fingerprint density at radius 2 is 2.08 bits per heavy atom. The maximum atomic E-state index is 8.21. The Labute approximate surface area is 70.7 Å². The van der Waals surface area contributed by atoms with E-state index in [9.17, 15) is 0 Å². The number of hydrogen-bond acceptors (Lipinski definition) is 3. The lowest BCUT2D eigenvalue weighted by Gasteiger charge is -2.00. The zero-order valence-corrected chi connectivity index (χ0v) is 6.45. The number of hydrogen-bond donors (Lipinski definition) is 1. The van der Waals surface area contributed by atoms with Gasteiger partial charge in [0.05, 0.1) is 0 Å². The summed E-state index contributed by atoms with van der Waals surface area (Å²) in [6.07, 6.45) is 0. The van der Waals surface area contributed by atoms with Gasteiger partial charge in [-0.25, -0.2) is 0 Å². The molecule has 0 atom stereocenters. The zero-order valence-electron chi connectivity index (χ0n) is 6.45. The second-order valence-corrected chi connectivity index (χ2v) is 2.22. The molecule has 3 nitrogen and oxygen atoms in total. The lowest BCUT2D eigenvalue weighted by molar-refractivity contribution is 0.294. The molecule has 0 aliphatic heterocycles. The van der Waals surface area contributed by atoms with E-state index in [0.29, 0.717) is 0 Å². The highest BCUT2D eigenvalue weighted by molar-refractivity contribution is 5.88. The highest BCUT2D eigenvalue weighted by Crippen LogP contribution is 1.99. The van der Waals surface area contributed by atoms with Gasteiger partial charge in [-0.3, -0.25) is 5.41 Å². The number of rotatable bonds is 2. The molecule has 3 heteroatoms. The van der Waals surface area contributed by atoms with E-state index in [1.807, 2.05) is 30.3 Å². The van der Waals surface area contributed by atoms with Crippen molar-refractivity contribution in [1.29, 1.82) is 10.7 Å². The van der Waals surface area contributed by atoms with Crippen molar-refractivity contribution in [2.75, 3.05) is 0 Å².